The molecule has 3 aliphatic rings. The average molecular weight is 524 g/mol. The Balaban J connectivity index is 0.000000733. The third-order valence-electron chi connectivity index (χ3n) is 7.71. The van der Waals surface area contributed by atoms with Crippen LogP contribution in [0.5, 0.6) is 0 Å². The van der Waals surface area contributed by atoms with Gasteiger partial charge in [-0.05, 0) is 31.6 Å². The summed E-state index contributed by atoms with van der Waals surface area (Å²) in [7, 11) is 1.97. The summed E-state index contributed by atoms with van der Waals surface area (Å²) in [5.74, 6) is 1.58. The molecule has 37 heavy (non-hydrogen) atoms. The average Bonchev–Trinajstić information content (AvgIpc) is 3.33. The van der Waals surface area contributed by atoms with Gasteiger partial charge in [0.05, 0.1) is 18.6 Å². The predicted octanol–water partition coefficient (Wildman–Crippen LogP) is 0.610. The minimum absolute atomic E-state index is 0.126. The van der Waals surface area contributed by atoms with Crippen molar-refractivity contribution in [2.45, 2.75) is 51.5 Å². The number of likely N-dealkylation sites (tertiary alicyclic amines) is 1. The highest BCUT2D eigenvalue weighted by atomic mass is 16.5. The van der Waals surface area contributed by atoms with Gasteiger partial charge in [-0.1, -0.05) is 6.92 Å². The lowest BCUT2D eigenvalue weighted by molar-refractivity contribution is -0.151. The van der Waals surface area contributed by atoms with Gasteiger partial charge in [-0.15, -0.1) is 0 Å². The molecule has 2 amide bonds. The van der Waals surface area contributed by atoms with E-state index >= 15 is 0 Å². The zero-order valence-electron chi connectivity index (χ0n) is 21.9. The highest BCUT2D eigenvalue weighted by Crippen LogP contribution is 2.48. The van der Waals surface area contributed by atoms with E-state index in [9.17, 15) is 9.59 Å². The maximum atomic E-state index is 13.6. The molecule has 0 unspecified atom stereocenters. The van der Waals surface area contributed by atoms with Crippen LogP contribution in [0.15, 0.2) is 12.4 Å². The van der Waals surface area contributed by atoms with Crippen LogP contribution in [0.3, 0.4) is 0 Å². The topological polar surface area (TPSA) is 154 Å². The first-order chi connectivity index (χ1) is 17.9. The Bertz CT molecular complexity index is 867. The molecule has 4 rings (SSSR count). The first-order valence-corrected chi connectivity index (χ1v) is 12.9. The van der Waals surface area contributed by atoms with Gasteiger partial charge in [0.1, 0.15) is 5.82 Å². The van der Waals surface area contributed by atoms with Crippen molar-refractivity contribution in [3.05, 3.63) is 18.2 Å². The van der Waals surface area contributed by atoms with Crippen molar-refractivity contribution in [2.24, 2.45) is 18.4 Å². The van der Waals surface area contributed by atoms with Crippen LogP contribution in [0.2, 0.25) is 0 Å². The predicted molar refractivity (Wildman–Crippen MR) is 135 cm³/mol. The minimum Gasteiger partial charge on any atom is -0.483 e. The van der Waals surface area contributed by atoms with Crippen molar-refractivity contribution in [1.29, 1.82) is 0 Å². The third kappa shape index (κ3) is 8.00. The van der Waals surface area contributed by atoms with Gasteiger partial charge in [-0.2, -0.15) is 0 Å². The summed E-state index contributed by atoms with van der Waals surface area (Å²) in [6.07, 6.45) is 8.74. The number of piperidine rings is 1. The van der Waals surface area contributed by atoms with Gasteiger partial charge in [0.2, 0.25) is 11.8 Å². The molecular weight excluding hydrogens is 482 g/mol. The Morgan fingerprint density at radius 1 is 1.19 bits per heavy atom. The highest BCUT2D eigenvalue weighted by molar-refractivity contribution is 5.85. The molecular formula is C25H41N5O7. The lowest BCUT2D eigenvalue weighted by Crippen LogP contribution is -2.61. The Labute approximate surface area is 218 Å². The normalized spacial score (nSPS) is 25.3. The molecule has 3 heterocycles. The van der Waals surface area contributed by atoms with E-state index in [2.05, 4.69) is 15.2 Å². The maximum Gasteiger partial charge on any atom is 0.290 e. The fourth-order valence-corrected chi connectivity index (χ4v) is 5.82. The van der Waals surface area contributed by atoms with Gasteiger partial charge in [-0.3, -0.25) is 24.1 Å². The molecule has 0 bridgehead atoms. The number of morpholine rings is 1. The second kappa shape index (κ2) is 15.3. The van der Waals surface area contributed by atoms with E-state index in [0.29, 0.717) is 37.9 Å². The number of carbonyl (C=O) groups is 4. The largest absolute Gasteiger partial charge is 0.483 e. The first kappa shape index (κ1) is 30.2. The van der Waals surface area contributed by atoms with Crippen LogP contribution in [0.25, 0.3) is 0 Å². The summed E-state index contributed by atoms with van der Waals surface area (Å²) < 4.78 is 7.52. The van der Waals surface area contributed by atoms with E-state index in [-0.39, 0.29) is 24.8 Å². The van der Waals surface area contributed by atoms with Crippen LogP contribution < -0.4 is 5.32 Å². The van der Waals surface area contributed by atoms with Crippen LogP contribution in [0, 0.1) is 11.3 Å². The number of carboxylic acid groups (broad SMARTS) is 2. The number of rotatable bonds is 6. The van der Waals surface area contributed by atoms with Crippen LogP contribution in [0.4, 0.5) is 0 Å². The van der Waals surface area contributed by atoms with Crippen molar-refractivity contribution >= 4 is 24.8 Å². The monoisotopic (exact) mass is 523 g/mol. The zero-order valence-corrected chi connectivity index (χ0v) is 21.9. The lowest BCUT2D eigenvalue weighted by Gasteiger charge is -2.53. The number of nitrogens with zero attached hydrogens (tertiary/aromatic N) is 4. The summed E-state index contributed by atoms with van der Waals surface area (Å²) in [6, 6.07) is 0.524. The molecule has 2 aliphatic heterocycles. The van der Waals surface area contributed by atoms with Gasteiger partial charge >= 0.3 is 0 Å². The molecule has 12 nitrogen and oxygen atoms in total. The van der Waals surface area contributed by atoms with Crippen LogP contribution in [-0.4, -0.2) is 106 Å². The number of amides is 2. The number of nitrogens with one attached hydrogen (secondary N) is 1. The van der Waals surface area contributed by atoms with Crippen molar-refractivity contribution in [2.75, 3.05) is 45.9 Å². The molecule has 3 N–H and O–H groups in total. The van der Waals surface area contributed by atoms with Gasteiger partial charge in [-0.25, -0.2) is 4.98 Å². The Kier molecular flexibility index (Phi) is 12.5. The lowest BCUT2D eigenvalue weighted by atomic mass is 9.60. The zero-order chi connectivity index (χ0) is 27.3. The molecule has 0 radical (unpaired) electrons. The van der Waals surface area contributed by atoms with Gasteiger partial charge in [0.15, 0.2) is 0 Å². The number of aromatic nitrogens is 2. The number of aryl methyl sites for hydroxylation is 1. The summed E-state index contributed by atoms with van der Waals surface area (Å²) >= 11 is 0. The molecule has 1 aromatic heterocycles. The number of hydrogen-bond donors (Lipinski definition) is 3. The third-order valence-corrected chi connectivity index (χ3v) is 7.71. The van der Waals surface area contributed by atoms with Crippen LogP contribution >= 0.6 is 0 Å². The second-order valence-corrected chi connectivity index (χ2v) is 9.56. The van der Waals surface area contributed by atoms with Crippen molar-refractivity contribution in [3.8, 4) is 0 Å². The van der Waals surface area contributed by atoms with Crippen molar-refractivity contribution in [3.63, 3.8) is 0 Å². The van der Waals surface area contributed by atoms with E-state index in [1.54, 1.807) is 6.20 Å². The molecule has 0 aromatic carbocycles. The Morgan fingerprint density at radius 2 is 1.86 bits per heavy atom. The van der Waals surface area contributed by atoms with E-state index in [4.69, 9.17) is 24.5 Å². The minimum atomic E-state index is -0.465. The number of fused-ring (bicyclic) bond motifs is 1. The van der Waals surface area contributed by atoms with Gasteiger partial charge in [0, 0.05) is 71.0 Å². The fraction of sp³-hybridized carbons (Fsp3) is 0.720. The van der Waals surface area contributed by atoms with Crippen molar-refractivity contribution < 1.29 is 34.1 Å². The Hall–Kier alpha value is -2.99. The highest BCUT2D eigenvalue weighted by Gasteiger charge is 2.53. The number of carbonyl (C=O) groups excluding carboxylic acids is 2. The fourth-order valence-electron chi connectivity index (χ4n) is 5.82. The SMILES string of the molecule is CCC(=O)N1CC[C@@H]2C[C@H](N3CCOCC3)CC[C@@]2(C(=O)NCCc2nccn2C)C1.O=CO.O=CO. The molecule has 12 heteroatoms. The molecule has 2 saturated heterocycles. The smallest absolute Gasteiger partial charge is 0.290 e. The van der Waals surface area contributed by atoms with Gasteiger partial charge in [0.25, 0.3) is 12.9 Å². The van der Waals surface area contributed by atoms with Crippen molar-refractivity contribution in [1.82, 2.24) is 24.7 Å². The Morgan fingerprint density at radius 3 is 2.46 bits per heavy atom. The molecule has 1 aliphatic carbocycles. The first-order valence-electron chi connectivity index (χ1n) is 12.9. The van der Waals surface area contributed by atoms with E-state index in [0.717, 1.165) is 64.4 Å². The molecule has 3 atom stereocenters. The summed E-state index contributed by atoms with van der Waals surface area (Å²) in [5, 5.41) is 17.0. The summed E-state index contributed by atoms with van der Waals surface area (Å²) in [5.41, 5.74) is -0.465. The molecule has 0 spiro atoms. The van der Waals surface area contributed by atoms with Gasteiger partial charge < -0.3 is 29.7 Å². The molecule has 1 saturated carbocycles. The van der Waals surface area contributed by atoms with E-state index in [1.807, 2.05) is 29.6 Å². The standard InChI is InChI=1S/C23H37N5O3.2CH2O2/c1-3-21(29)28-10-6-18-16-19(27-12-14-31-15-13-27)4-7-23(18,17-28)22(30)25-8-5-20-24-9-11-26(20)2;2*2-1-3/h9,11,18-19H,3-8,10,12-17H2,1-2H3,(H,25,30);2*1H,(H,2,3)/t18-,19-,23-;;/m1../s1. The molecule has 1 aromatic rings. The summed E-state index contributed by atoms with van der Waals surface area (Å²) in [4.78, 5) is 51.6. The maximum absolute atomic E-state index is 13.6. The number of hydrogen-bond acceptors (Lipinski definition) is 7. The van der Waals surface area contributed by atoms with E-state index < -0.39 is 5.41 Å². The molecule has 208 valence electrons. The van der Waals surface area contributed by atoms with E-state index in [1.165, 1.54) is 0 Å². The molecule has 3 fully saturated rings. The number of imidazole rings is 1. The quantitative estimate of drug-likeness (QED) is 0.455. The second-order valence-electron chi connectivity index (χ2n) is 9.56. The number of ether oxygens (including phenoxy) is 1. The van der Waals surface area contributed by atoms with Crippen LogP contribution in [-0.2, 0) is 37.4 Å². The van der Waals surface area contributed by atoms with Crippen LogP contribution in [0.1, 0.15) is 44.9 Å². The summed E-state index contributed by atoms with van der Waals surface area (Å²) in [6.45, 7) is 6.90.